The lowest BCUT2D eigenvalue weighted by atomic mass is 10.2. The van der Waals surface area contributed by atoms with Gasteiger partial charge in [0.15, 0.2) is 0 Å². The molecule has 78 valence electrons. The molecule has 0 heterocycles. The Morgan fingerprint density at radius 3 is 2.54 bits per heavy atom. The van der Waals surface area contributed by atoms with Crippen molar-refractivity contribution in [2.24, 2.45) is 5.92 Å². The minimum atomic E-state index is -3.00. The molecule has 1 saturated carbocycles. The number of rotatable bonds is 6. The maximum absolute atomic E-state index is 11.4. The number of sulfonamides is 1. The highest BCUT2D eigenvalue weighted by Gasteiger charge is 2.30. The third kappa shape index (κ3) is 4.09. The lowest BCUT2D eigenvalue weighted by Crippen LogP contribution is -2.35. The molecule has 0 amide bonds. The summed E-state index contributed by atoms with van der Waals surface area (Å²) in [4.78, 5) is 0. The second-order valence-corrected chi connectivity index (χ2v) is 5.79. The summed E-state index contributed by atoms with van der Waals surface area (Å²) < 4.78 is 25.6. The van der Waals surface area contributed by atoms with E-state index in [0.29, 0.717) is 5.92 Å². The Labute approximate surface area is 81.0 Å². The van der Waals surface area contributed by atoms with Crippen molar-refractivity contribution in [2.45, 2.75) is 45.6 Å². The predicted octanol–water partition coefficient (Wildman–Crippen LogP) is 1.50. The summed E-state index contributed by atoms with van der Waals surface area (Å²) in [7, 11) is -3.00. The Morgan fingerprint density at radius 1 is 1.46 bits per heavy atom. The molecule has 0 aromatic heterocycles. The maximum Gasteiger partial charge on any atom is 0.211 e. The van der Waals surface area contributed by atoms with Crippen molar-refractivity contribution in [2.75, 3.05) is 5.75 Å². The molecule has 0 aromatic carbocycles. The maximum atomic E-state index is 11.4. The summed E-state index contributed by atoms with van der Waals surface area (Å²) in [5, 5.41) is 0. The van der Waals surface area contributed by atoms with Gasteiger partial charge in [-0.2, -0.15) is 0 Å². The molecule has 4 heteroatoms. The minimum Gasteiger partial charge on any atom is -0.212 e. The molecule has 1 atom stereocenters. The standard InChI is InChI=1S/C9H19NO2S/c1-3-4-7-13(11,12)10-8(2)9-5-6-9/h8-10H,3-7H2,1-2H3. The fourth-order valence-electron chi connectivity index (χ4n) is 1.37. The molecule has 13 heavy (non-hydrogen) atoms. The highest BCUT2D eigenvalue weighted by atomic mass is 32.2. The fourth-order valence-corrected chi connectivity index (χ4v) is 2.91. The van der Waals surface area contributed by atoms with Crippen molar-refractivity contribution in [3.05, 3.63) is 0 Å². The largest absolute Gasteiger partial charge is 0.212 e. The molecule has 0 bridgehead atoms. The topological polar surface area (TPSA) is 46.2 Å². The van der Waals surface area contributed by atoms with E-state index in [-0.39, 0.29) is 11.8 Å². The zero-order chi connectivity index (χ0) is 9.90. The summed E-state index contributed by atoms with van der Waals surface area (Å²) in [6.07, 6.45) is 4.04. The molecule has 0 spiro atoms. The van der Waals surface area contributed by atoms with Crippen molar-refractivity contribution in [3.8, 4) is 0 Å². The molecule has 0 aromatic rings. The molecule has 1 unspecified atom stereocenters. The highest BCUT2D eigenvalue weighted by molar-refractivity contribution is 7.89. The monoisotopic (exact) mass is 205 g/mol. The van der Waals surface area contributed by atoms with Gasteiger partial charge in [-0.15, -0.1) is 0 Å². The second kappa shape index (κ2) is 4.42. The first-order valence-corrected chi connectivity index (χ1v) is 6.70. The zero-order valence-electron chi connectivity index (χ0n) is 8.41. The molecule has 1 N–H and O–H groups in total. The van der Waals surface area contributed by atoms with Crippen LogP contribution in [0.25, 0.3) is 0 Å². The van der Waals surface area contributed by atoms with Gasteiger partial charge in [0.1, 0.15) is 0 Å². The molecule has 0 aliphatic heterocycles. The van der Waals surface area contributed by atoms with Gasteiger partial charge in [0.2, 0.25) is 10.0 Å². The lowest BCUT2D eigenvalue weighted by Gasteiger charge is -2.12. The van der Waals surface area contributed by atoms with Crippen LogP contribution in [-0.4, -0.2) is 20.2 Å². The summed E-state index contributed by atoms with van der Waals surface area (Å²) in [5.74, 6) is 0.872. The van der Waals surface area contributed by atoms with Gasteiger partial charge in [-0.05, 0) is 32.1 Å². The van der Waals surface area contributed by atoms with Crippen molar-refractivity contribution < 1.29 is 8.42 Å². The Hall–Kier alpha value is -0.0900. The molecular formula is C9H19NO2S. The Bertz CT molecular complexity index is 244. The molecular weight excluding hydrogens is 186 g/mol. The SMILES string of the molecule is CCCCS(=O)(=O)NC(C)C1CC1. The van der Waals surface area contributed by atoms with Gasteiger partial charge >= 0.3 is 0 Å². The molecule has 1 fully saturated rings. The highest BCUT2D eigenvalue weighted by Crippen LogP contribution is 2.32. The summed E-state index contributed by atoms with van der Waals surface area (Å²) in [5.41, 5.74) is 0. The normalized spacial score (nSPS) is 20.2. The average Bonchev–Trinajstić information content (AvgIpc) is 2.82. The summed E-state index contributed by atoms with van der Waals surface area (Å²) in [6.45, 7) is 3.96. The third-order valence-electron chi connectivity index (χ3n) is 2.46. The van der Waals surface area contributed by atoms with E-state index in [1.165, 1.54) is 12.8 Å². The number of unbranched alkanes of at least 4 members (excludes halogenated alkanes) is 1. The van der Waals surface area contributed by atoms with Crippen molar-refractivity contribution in [3.63, 3.8) is 0 Å². The molecule has 3 nitrogen and oxygen atoms in total. The smallest absolute Gasteiger partial charge is 0.211 e. The van der Waals surface area contributed by atoms with Crippen LogP contribution in [0.1, 0.15) is 39.5 Å². The molecule has 1 aliphatic rings. The molecule has 1 aliphatic carbocycles. The van der Waals surface area contributed by atoms with E-state index in [2.05, 4.69) is 4.72 Å². The van der Waals surface area contributed by atoms with E-state index < -0.39 is 10.0 Å². The van der Waals surface area contributed by atoms with E-state index in [0.717, 1.165) is 12.8 Å². The summed E-state index contributed by atoms with van der Waals surface area (Å²) >= 11 is 0. The van der Waals surface area contributed by atoms with Gasteiger partial charge < -0.3 is 0 Å². The summed E-state index contributed by atoms with van der Waals surface area (Å²) in [6, 6.07) is 0.141. The molecule has 0 saturated heterocycles. The van der Waals surface area contributed by atoms with Crippen LogP contribution in [0.5, 0.6) is 0 Å². The van der Waals surface area contributed by atoms with Gasteiger partial charge in [-0.25, -0.2) is 13.1 Å². The predicted molar refractivity (Wildman–Crippen MR) is 54.0 cm³/mol. The van der Waals surface area contributed by atoms with Crippen LogP contribution in [0, 0.1) is 5.92 Å². The van der Waals surface area contributed by atoms with Crippen molar-refractivity contribution >= 4 is 10.0 Å². The zero-order valence-corrected chi connectivity index (χ0v) is 9.23. The van der Waals surface area contributed by atoms with Gasteiger partial charge in [0, 0.05) is 6.04 Å². The van der Waals surface area contributed by atoms with Crippen LogP contribution < -0.4 is 4.72 Å². The van der Waals surface area contributed by atoms with Crippen LogP contribution in [-0.2, 0) is 10.0 Å². The van der Waals surface area contributed by atoms with Gasteiger partial charge in [0.05, 0.1) is 5.75 Å². The van der Waals surface area contributed by atoms with Crippen LogP contribution >= 0.6 is 0 Å². The van der Waals surface area contributed by atoms with Crippen LogP contribution in [0.4, 0.5) is 0 Å². The Kier molecular flexibility index (Phi) is 3.74. The fraction of sp³-hybridized carbons (Fsp3) is 1.00. The van der Waals surface area contributed by atoms with Gasteiger partial charge in [0.25, 0.3) is 0 Å². The van der Waals surface area contributed by atoms with Gasteiger partial charge in [-0.1, -0.05) is 13.3 Å². The second-order valence-electron chi connectivity index (χ2n) is 3.92. The number of hydrogen-bond donors (Lipinski definition) is 1. The van der Waals surface area contributed by atoms with E-state index in [4.69, 9.17) is 0 Å². The van der Waals surface area contributed by atoms with E-state index in [9.17, 15) is 8.42 Å². The first-order chi connectivity index (χ1) is 6.05. The van der Waals surface area contributed by atoms with Crippen molar-refractivity contribution in [1.82, 2.24) is 4.72 Å². The van der Waals surface area contributed by atoms with Crippen LogP contribution in [0.3, 0.4) is 0 Å². The minimum absolute atomic E-state index is 0.141. The first kappa shape index (κ1) is 11.0. The van der Waals surface area contributed by atoms with Crippen LogP contribution in [0.2, 0.25) is 0 Å². The number of nitrogens with one attached hydrogen (secondary N) is 1. The molecule has 0 radical (unpaired) electrons. The first-order valence-electron chi connectivity index (χ1n) is 5.05. The van der Waals surface area contributed by atoms with E-state index in [1.807, 2.05) is 13.8 Å². The van der Waals surface area contributed by atoms with E-state index in [1.54, 1.807) is 0 Å². The van der Waals surface area contributed by atoms with Crippen molar-refractivity contribution in [1.29, 1.82) is 0 Å². The quantitative estimate of drug-likeness (QED) is 0.714. The Balaban J connectivity index is 2.31. The third-order valence-corrected chi connectivity index (χ3v) is 4.02. The Morgan fingerprint density at radius 2 is 2.08 bits per heavy atom. The molecule has 1 rings (SSSR count). The number of hydrogen-bond acceptors (Lipinski definition) is 2. The van der Waals surface area contributed by atoms with Crippen LogP contribution in [0.15, 0.2) is 0 Å². The average molecular weight is 205 g/mol. The van der Waals surface area contributed by atoms with Gasteiger partial charge in [-0.3, -0.25) is 0 Å². The van der Waals surface area contributed by atoms with E-state index >= 15 is 0 Å². The lowest BCUT2D eigenvalue weighted by molar-refractivity contribution is 0.536.